The lowest BCUT2D eigenvalue weighted by Crippen LogP contribution is -2.40. The quantitative estimate of drug-likeness (QED) is 0.295. The summed E-state index contributed by atoms with van der Waals surface area (Å²) in [6.07, 6.45) is 8.90. The summed E-state index contributed by atoms with van der Waals surface area (Å²) in [7, 11) is 0. The Bertz CT molecular complexity index is 746. The Kier molecular flexibility index (Phi) is 20.8. The molecule has 1 fully saturated rings. The summed E-state index contributed by atoms with van der Waals surface area (Å²) in [4.78, 5) is 27.0. The summed E-state index contributed by atoms with van der Waals surface area (Å²) >= 11 is 0. The number of hydrogen-bond acceptors (Lipinski definition) is 5. The molecule has 6 heteroatoms. The predicted molar refractivity (Wildman–Crippen MR) is 160 cm³/mol. The van der Waals surface area contributed by atoms with Gasteiger partial charge in [-0.05, 0) is 90.4 Å². The third-order valence-electron chi connectivity index (χ3n) is 6.68. The normalized spacial score (nSPS) is 13.3. The molecule has 1 saturated heterocycles. The van der Waals surface area contributed by atoms with E-state index in [0.717, 1.165) is 62.7 Å². The Hall–Kier alpha value is -1.92. The van der Waals surface area contributed by atoms with E-state index in [-0.39, 0.29) is 11.7 Å². The van der Waals surface area contributed by atoms with E-state index in [1.807, 2.05) is 37.8 Å². The summed E-state index contributed by atoms with van der Waals surface area (Å²) in [6, 6.07) is 4.75. The number of Topliss-reactive ketones (excluding diaryl/α,β-unsaturated/α-hetero) is 1. The Labute approximate surface area is 234 Å². The molecule has 1 heterocycles. The van der Waals surface area contributed by atoms with Crippen molar-refractivity contribution in [2.24, 2.45) is 0 Å². The van der Waals surface area contributed by atoms with Gasteiger partial charge in [0, 0.05) is 45.2 Å². The fourth-order valence-corrected chi connectivity index (χ4v) is 4.70. The van der Waals surface area contributed by atoms with Gasteiger partial charge in [0.25, 0.3) is 0 Å². The molecular weight excluding hydrogens is 476 g/mol. The second-order valence-corrected chi connectivity index (χ2v) is 10.6. The number of ketones is 1. The largest absolute Gasteiger partial charge is 0.507 e. The standard InChI is InChI=1S/C12H23NO2.C11H23NO.C9H12O/c1-4-6-10-13(9-5-2)12(15)8-7-11(3)14;1-3-7-12(8-4-2)11-5-9-13-10-6-11;1-6-4-7(2)9(10)8(3)5-6/h4-10H2,1-3H3;11H,3-10H2,1-2H3;4-5,10H,1-3H3. The number of aryl methyl sites for hydroxylation is 3. The van der Waals surface area contributed by atoms with E-state index in [9.17, 15) is 14.7 Å². The number of unbranched alkanes of at least 4 members (excludes halogenated alkanes) is 1. The first-order valence-corrected chi connectivity index (χ1v) is 15.0. The van der Waals surface area contributed by atoms with Crippen LogP contribution in [0.2, 0.25) is 0 Å². The van der Waals surface area contributed by atoms with Crippen LogP contribution in [0.1, 0.15) is 109 Å². The Morgan fingerprint density at radius 3 is 1.82 bits per heavy atom. The van der Waals surface area contributed by atoms with Crippen molar-refractivity contribution in [2.75, 3.05) is 39.4 Å². The molecule has 38 heavy (non-hydrogen) atoms. The van der Waals surface area contributed by atoms with Gasteiger partial charge >= 0.3 is 0 Å². The van der Waals surface area contributed by atoms with Gasteiger partial charge in [-0.25, -0.2) is 0 Å². The number of amides is 1. The van der Waals surface area contributed by atoms with Gasteiger partial charge < -0.3 is 24.4 Å². The highest BCUT2D eigenvalue weighted by molar-refractivity contribution is 5.83. The first kappa shape index (κ1) is 36.1. The van der Waals surface area contributed by atoms with Crippen LogP contribution >= 0.6 is 0 Å². The molecule has 0 aromatic heterocycles. The van der Waals surface area contributed by atoms with Gasteiger partial charge in [-0.15, -0.1) is 0 Å². The maximum atomic E-state index is 11.7. The number of aromatic hydroxyl groups is 1. The van der Waals surface area contributed by atoms with Crippen molar-refractivity contribution in [2.45, 2.75) is 119 Å². The zero-order valence-corrected chi connectivity index (χ0v) is 25.9. The van der Waals surface area contributed by atoms with Gasteiger partial charge in [0.15, 0.2) is 0 Å². The van der Waals surface area contributed by atoms with Crippen molar-refractivity contribution in [3.05, 3.63) is 28.8 Å². The molecule has 0 aliphatic carbocycles. The van der Waals surface area contributed by atoms with Crippen molar-refractivity contribution < 1.29 is 19.4 Å². The second kappa shape index (κ2) is 22.0. The molecule has 1 aliphatic rings. The SMILES string of the molecule is CCCCN(CCC)C(=O)CCC(C)=O.CCCN(CCC)C1CCOCC1.Cc1cc(C)c(O)c(C)c1. The van der Waals surface area contributed by atoms with Crippen LogP contribution in [0.25, 0.3) is 0 Å². The Morgan fingerprint density at radius 1 is 0.842 bits per heavy atom. The summed E-state index contributed by atoms with van der Waals surface area (Å²) in [5.74, 6) is 0.640. The lowest BCUT2D eigenvalue weighted by atomic mass is 10.1. The summed E-state index contributed by atoms with van der Waals surface area (Å²) in [5.41, 5.74) is 3.11. The first-order chi connectivity index (χ1) is 18.1. The van der Waals surface area contributed by atoms with Crippen molar-refractivity contribution in [1.82, 2.24) is 9.80 Å². The van der Waals surface area contributed by atoms with Gasteiger partial charge in [0.1, 0.15) is 11.5 Å². The monoisotopic (exact) mass is 534 g/mol. The number of ether oxygens (including phenoxy) is 1. The average molecular weight is 535 g/mol. The molecule has 6 nitrogen and oxygen atoms in total. The lowest BCUT2D eigenvalue weighted by Gasteiger charge is -2.33. The minimum atomic E-state index is 0.0929. The van der Waals surface area contributed by atoms with Crippen LogP contribution in [-0.2, 0) is 14.3 Å². The molecule has 1 N–H and O–H groups in total. The topological polar surface area (TPSA) is 70.1 Å². The third-order valence-corrected chi connectivity index (χ3v) is 6.68. The van der Waals surface area contributed by atoms with Gasteiger partial charge in [-0.1, -0.05) is 51.8 Å². The zero-order chi connectivity index (χ0) is 28.9. The minimum Gasteiger partial charge on any atom is -0.507 e. The highest BCUT2D eigenvalue weighted by atomic mass is 16.5. The highest BCUT2D eigenvalue weighted by Gasteiger charge is 2.19. The third kappa shape index (κ3) is 16.1. The highest BCUT2D eigenvalue weighted by Crippen LogP contribution is 2.22. The number of nitrogens with zero attached hydrogens (tertiary/aromatic N) is 2. The molecule has 2 rings (SSSR count). The number of carbonyl (C=O) groups is 2. The Morgan fingerprint density at radius 2 is 1.37 bits per heavy atom. The van der Waals surface area contributed by atoms with Crippen molar-refractivity contribution >= 4 is 11.7 Å². The predicted octanol–water partition coefficient (Wildman–Crippen LogP) is 7.00. The van der Waals surface area contributed by atoms with Crippen LogP contribution in [0.5, 0.6) is 5.75 Å². The molecule has 1 aliphatic heterocycles. The van der Waals surface area contributed by atoms with E-state index < -0.39 is 0 Å². The molecule has 0 radical (unpaired) electrons. The fourth-order valence-electron chi connectivity index (χ4n) is 4.70. The number of rotatable bonds is 13. The molecule has 1 aromatic rings. The second-order valence-electron chi connectivity index (χ2n) is 10.6. The summed E-state index contributed by atoms with van der Waals surface area (Å²) in [5, 5.41) is 9.33. The van der Waals surface area contributed by atoms with Crippen LogP contribution in [0.4, 0.5) is 0 Å². The van der Waals surface area contributed by atoms with Crippen LogP contribution in [0, 0.1) is 20.8 Å². The van der Waals surface area contributed by atoms with Gasteiger partial charge in [0.2, 0.25) is 5.91 Å². The first-order valence-electron chi connectivity index (χ1n) is 15.0. The summed E-state index contributed by atoms with van der Waals surface area (Å²) in [6.45, 7) is 22.2. The van der Waals surface area contributed by atoms with E-state index >= 15 is 0 Å². The molecule has 0 unspecified atom stereocenters. The molecular formula is C32H58N2O4. The number of hydrogen-bond donors (Lipinski definition) is 1. The smallest absolute Gasteiger partial charge is 0.223 e. The molecule has 1 amide bonds. The average Bonchev–Trinajstić information content (AvgIpc) is 2.89. The van der Waals surface area contributed by atoms with E-state index in [2.05, 4.69) is 32.6 Å². The molecule has 220 valence electrons. The minimum absolute atomic E-state index is 0.0929. The lowest BCUT2D eigenvalue weighted by molar-refractivity contribution is -0.133. The molecule has 0 atom stereocenters. The summed E-state index contributed by atoms with van der Waals surface area (Å²) < 4.78 is 5.38. The number of benzene rings is 1. The van der Waals surface area contributed by atoms with Crippen LogP contribution in [0.3, 0.4) is 0 Å². The maximum absolute atomic E-state index is 11.7. The van der Waals surface area contributed by atoms with Crippen molar-refractivity contribution in [1.29, 1.82) is 0 Å². The number of phenolic OH excluding ortho intramolecular Hbond substituents is 1. The van der Waals surface area contributed by atoms with E-state index in [4.69, 9.17) is 4.74 Å². The fraction of sp³-hybridized carbons (Fsp3) is 0.750. The van der Waals surface area contributed by atoms with Crippen LogP contribution < -0.4 is 0 Å². The van der Waals surface area contributed by atoms with Crippen LogP contribution in [-0.4, -0.2) is 72.0 Å². The van der Waals surface area contributed by atoms with Gasteiger partial charge in [-0.2, -0.15) is 0 Å². The molecule has 0 saturated carbocycles. The Balaban J connectivity index is 0.000000550. The van der Waals surface area contributed by atoms with Gasteiger partial charge in [0.05, 0.1) is 0 Å². The molecule has 0 spiro atoms. The maximum Gasteiger partial charge on any atom is 0.223 e. The van der Waals surface area contributed by atoms with Crippen molar-refractivity contribution in [3.8, 4) is 5.75 Å². The number of phenols is 1. The molecule has 1 aromatic carbocycles. The van der Waals surface area contributed by atoms with Gasteiger partial charge in [-0.3, -0.25) is 4.79 Å². The molecule has 0 bridgehead atoms. The number of carbonyl (C=O) groups excluding carboxylic acids is 2. The zero-order valence-electron chi connectivity index (χ0n) is 25.9. The van der Waals surface area contributed by atoms with E-state index in [1.165, 1.54) is 51.3 Å². The van der Waals surface area contributed by atoms with E-state index in [0.29, 0.717) is 18.6 Å². The van der Waals surface area contributed by atoms with E-state index in [1.54, 1.807) is 0 Å². The van der Waals surface area contributed by atoms with Crippen LogP contribution in [0.15, 0.2) is 12.1 Å². The van der Waals surface area contributed by atoms with Crippen molar-refractivity contribution in [3.63, 3.8) is 0 Å².